The zero-order chi connectivity index (χ0) is 14.5. The number of ether oxygens (including phenoxy) is 2. The van der Waals surface area contributed by atoms with Gasteiger partial charge in [-0.2, -0.15) is 0 Å². The first-order chi connectivity index (χ1) is 10.3. The van der Waals surface area contributed by atoms with Crippen LogP contribution in [0, 0.1) is 0 Å². The molecule has 2 fully saturated rings. The van der Waals surface area contributed by atoms with Gasteiger partial charge in [0.2, 0.25) is 0 Å². The van der Waals surface area contributed by atoms with Gasteiger partial charge in [0.1, 0.15) is 5.75 Å². The van der Waals surface area contributed by atoms with E-state index in [1.54, 1.807) is 0 Å². The van der Waals surface area contributed by atoms with Crippen LogP contribution in [0.2, 0.25) is 0 Å². The molecule has 2 unspecified atom stereocenters. The summed E-state index contributed by atoms with van der Waals surface area (Å²) >= 11 is 0. The fourth-order valence-electron chi connectivity index (χ4n) is 2.91. The molecule has 0 radical (unpaired) electrons. The third-order valence-electron chi connectivity index (χ3n) is 4.27. The van der Waals surface area contributed by atoms with E-state index in [4.69, 9.17) is 9.47 Å². The van der Waals surface area contributed by atoms with E-state index in [-0.39, 0.29) is 0 Å². The molecule has 3 rings (SSSR count). The predicted molar refractivity (Wildman–Crippen MR) is 84.7 cm³/mol. The second kappa shape index (κ2) is 7.28. The van der Waals surface area contributed by atoms with Gasteiger partial charge in [0.25, 0.3) is 0 Å². The van der Waals surface area contributed by atoms with E-state index in [0.717, 1.165) is 31.7 Å². The molecule has 1 aliphatic heterocycles. The maximum Gasteiger partial charge on any atom is 0.119 e. The number of rotatable bonds is 8. The van der Waals surface area contributed by atoms with Crippen molar-refractivity contribution in [2.75, 3.05) is 13.2 Å². The summed E-state index contributed by atoms with van der Waals surface area (Å²) in [5, 5.41) is 3.66. The van der Waals surface area contributed by atoms with E-state index in [9.17, 15) is 0 Å². The lowest BCUT2D eigenvalue weighted by molar-refractivity contribution is 0.0945. The third kappa shape index (κ3) is 4.45. The van der Waals surface area contributed by atoms with E-state index in [0.29, 0.717) is 18.2 Å². The van der Waals surface area contributed by atoms with E-state index in [1.807, 2.05) is 0 Å². The van der Waals surface area contributed by atoms with Gasteiger partial charge in [-0.1, -0.05) is 19.1 Å². The Morgan fingerprint density at radius 2 is 2.05 bits per heavy atom. The smallest absolute Gasteiger partial charge is 0.119 e. The Kier molecular flexibility index (Phi) is 5.15. The van der Waals surface area contributed by atoms with Crippen molar-refractivity contribution in [3.05, 3.63) is 29.8 Å². The number of benzene rings is 1. The zero-order valence-electron chi connectivity index (χ0n) is 13.0. The molecule has 1 saturated heterocycles. The summed E-state index contributed by atoms with van der Waals surface area (Å²) in [4.78, 5) is 0. The zero-order valence-corrected chi connectivity index (χ0v) is 13.0. The minimum Gasteiger partial charge on any atom is -0.490 e. The second-order valence-corrected chi connectivity index (χ2v) is 6.26. The van der Waals surface area contributed by atoms with Gasteiger partial charge in [-0.3, -0.25) is 0 Å². The van der Waals surface area contributed by atoms with Crippen LogP contribution in [-0.4, -0.2) is 25.4 Å². The average Bonchev–Trinajstić information content (AvgIpc) is 3.17. The van der Waals surface area contributed by atoms with Crippen molar-refractivity contribution in [3.8, 4) is 5.75 Å². The van der Waals surface area contributed by atoms with Crippen molar-refractivity contribution in [1.82, 2.24) is 5.32 Å². The Balaban J connectivity index is 1.62. The van der Waals surface area contributed by atoms with Crippen LogP contribution in [0.5, 0.6) is 5.75 Å². The Bertz CT molecular complexity index is 421. The molecular weight excluding hydrogens is 262 g/mol. The highest BCUT2D eigenvalue weighted by Crippen LogP contribution is 2.29. The fraction of sp³-hybridized carbons (Fsp3) is 0.667. The molecule has 0 amide bonds. The van der Waals surface area contributed by atoms with Gasteiger partial charge in [0, 0.05) is 12.6 Å². The quantitative estimate of drug-likeness (QED) is 0.789. The second-order valence-electron chi connectivity index (χ2n) is 6.26. The average molecular weight is 289 g/mol. The monoisotopic (exact) mass is 289 g/mol. The normalized spacial score (nSPS) is 23.2. The van der Waals surface area contributed by atoms with Crippen LogP contribution in [0.3, 0.4) is 0 Å². The lowest BCUT2D eigenvalue weighted by atomic mass is 9.99. The van der Waals surface area contributed by atoms with E-state index in [1.165, 1.54) is 31.2 Å². The summed E-state index contributed by atoms with van der Waals surface area (Å²) in [6.45, 7) is 4.19. The SMILES string of the molecule is CCCNC(CC1CCCO1)c1ccc(OC2CC2)cc1. The van der Waals surface area contributed by atoms with E-state index in [2.05, 4.69) is 36.5 Å². The molecule has 21 heavy (non-hydrogen) atoms. The van der Waals surface area contributed by atoms with Crippen LogP contribution in [0.25, 0.3) is 0 Å². The molecule has 1 aromatic carbocycles. The van der Waals surface area contributed by atoms with Gasteiger partial charge in [-0.25, -0.2) is 0 Å². The van der Waals surface area contributed by atoms with Gasteiger partial charge in [-0.15, -0.1) is 0 Å². The summed E-state index contributed by atoms with van der Waals surface area (Å²) in [5.41, 5.74) is 1.35. The summed E-state index contributed by atoms with van der Waals surface area (Å²) in [7, 11) is 0. The Morgan fingerprint density at radius 1 is 1.24 bits per heavy atom. The summed E-state index contributed by atoms with van der Waals surface area (Å²) in [5.74, 6) is 1.01. The molecule has 0 aromatic heterocycles. The molecule has 0 spiro atoms. The molecule has 116 valence electrons. The number of nitrogens with one attached hydrogen (secondary N) is 1. The highest BCUT2D eigenvalue weighted by molar-refractivity contribution is 5.29. The van der Waals surface area contributed by atoms with Crippen LogP contribution in [0.15, 0.2) is 24.3 Å². The molecule has 3 nitrogen and oxygen atoms in total. The maximum absolute atomic E-state index is 5.83. The van der Waals surface area contributed by atoms with Gasteiger partial charge in [0.15, 0.2) is 0 Å². The molecule has 1 aliphatic carbocycles. The van der Waals surface area contributed by atoms with E-state index < -0.39 is 0 Å². The van der Waals surface area contributed by atoms with Gasteiger partial charge in [0.05, 0.1) is 12.2 Å². The van der Waals surface area contributed by atoms with Crippen LogP contribution < -0.4 is 10.1 Å². The predicted octanol–water partition coefficient (Wildman–Crippen LogP) is 3.84. The van der Waals surface area contributed by atoms with Crippen molar-refractivity contribution < 1.29 is 9.47 Å². The summed E-state index contributed by atoms with van der Waals surface area (Å²) < 4.78 is 11.6. The molecule has 1 saturated carbocycles. The molecule has 1 aromatic rings. The lowest BCUT2D eigenvalue weighted by Crippen LogP contribution is -2.26. The summed E-state index contributed by atoms with van der Waals surface area (Å²) in [6.07, 6.45) is 7.95. The molecule has 2 aliphatic rings. The first-order valence-electron chi connectivity index (χ1n) is 8.46. The molecule has 1 heterocycles. The highest BCUT2D eigenvalue weighted by atomic mass is 16.5. The highest BCUT2D eigenvalue weighted by Gasteiger charge is 2.24. The van der Waals surface area contributed by atoms with Crippen molar-refractivity contribution in [2.45, 2.75) is 63.7 Å². The van der Waals surface area contributed by atoms with Gasteiger partial charge >= 0.3 is 0 Å². The lowest BCUT2D eigenvalue weighted by Gasteiger charge is -2.22. The Morgan fingerprint density at radius 3 is 2.67 bits per heavy atom. The van der Waals surface area contributed by atoms with Crippen molar-refractivity contribution in [3.63, 3.8) is 0 Å². The van der Waals surface area contributed by atoms with Crippen LogP contribution >= 0.6 is 0 Å². The third-order valence-corrected chi connectivity index (χ3v) is 4.27. The molecular formula is C18H27NO2. The van der Waals surface area contributed by atoms with Crippen molar-refractivity contribution >= 4 is 0 Å². The first-order valence-corrected chi connectivity index (χ1v) is 8.46. The molecule has 0 bridgehead atoms. The summed E-state index contributed by atoms with van der Waals surface area (Å²) in [6, 6.07) is 9.04. The molecule has 2 atom stereocenters. The minimum atomic E-state index is 0.392. The van der Waals surface area contributed by atoms with E-state index >= 15 is 0 Å². The Labute approximate surface area is 128 Å². The first kappa shape index (κ1) is 14.9. The number of hydrogen-bond donors (Lipinski definition) is 1. The standard InChI is InChI=1S/C18H27NO2/c1-2-11-19-18(13-17-4-3-12-20-17)14-5-7-15(8-6-14)21-16-9-10-16/h5-8,16-19H,2-4,9-13H2,1H3. The Hall–Kier alpha value is -1.06. The maximum atomic E-state index is 5.83. The number of hydrogen-bond acceptors (Lipinski definition) is 3. The van der Waals surface area contributed by atoms with Crippen LogP contribution in [0.1, 0.15) is 57.1 Å². The fourth-order valence-corrected chi connectivity index (χ4v) is 2.91. The van der Waals surface area contributed by atoms with Crippen LogP contribution in [0.4, 0.5) is 0 Å². The van der Waals surface area contributed by atoms with Crippen molar-refractivity contribution in [2.24, 2.45) is 0 Å². The van der Waals surface area contributed by atoms with Crippen molar-refractivity contribution in [1.29, 1.82) is 0 Å². The van der Waals surface area contributed by atoms with Gasteiger partial charge < -0.3 is 14.8 Å². The topological polar surface area (TPSA) is 30.5 Å². The molecule has 1 N–H and O–H groups in total. The van der Waals surface area contributed by atoms with Gasteiger partial charge in [-0.05, 0) is 62.8 Å². The largest absolute Gasteiger partial charge is 0.490 e. The van der Waals surface area contributed by atoms with Crippen LogP contribution in [-0.2, 0) is 4.74 Å². The molecule has 3 heteroatoms. The minimum absolute atomic E-state index is 0.392.